The first kappa shape index (κ1) is 14.9. The summed E-state index contributed by atoms with van der Waals surface area (Å²) in [4.78, 5) is 14.7. The van der Waals surface area contributed by atoms with Crippen molar-refractivity contribution in [1.29, 1.82) is 5.26 Å². The number of carbonyl (C=O) groups excluding carboxylic acids is 1. The number of thioether (sulfide) groups is 1. The van der Waals surface area contributed by atoms with Crippen LogP contribution in [0.15, 0.2) is 59.5 Å². The van der Waals surface area contributed by atoms with Gasteiger partial charge in [-0.15, -0.1) is 11.8 Å². The largest absolute Gasteiger partial charge is 0.398 e. The van der Waals surface area contributed by atoms with Crippen molar-refractivity contribution in [2.75, 3.05) is 22.9 Å². The molecule has 0 aliphatic rings. The predicted octanol–water partition coefficient (Wildman–Crippen LogP) is 2.92. The fourth-order valence-electron chi connectivity index (χ4n) is 1.83. The van der Waals surface area contributed by atoms with E-state index in [1.165, 1.54) is 16.7 Å². The number of rotatable bonds is 5. The molecular formula is C16H15N3OS. The van der Waals surface area contributed by atoms with Gasteiger partial charge in [0.1, 0.15) is 6.54 Å². The number of nitrogens with two attached hydrogens (primary N) is 1. The molecule has 0 saturated carbocycles. The lowest BCUT2D eigenvalue weighted by atomic mass is 10.3. The Balaban J connectivity index is 2.07. The number of nitrogen functional groups attached to an aromatic ring is 1. The zero-order valence-electron chi connectivity index (χ0n) is 11.4. The smallest absolute Gasteiger partial charge is 0.238 e. The van der Waals surface area contributed by atoms with Crippen molar-refractivity contribution >= 4 is 29.0 Å². The second-order valence-corrected chi connectivity index (χ2v) is 5.32. The molecule has 0 bridgehead atoms. The number of benzene rings is 2. The summed E-state index contributed by atoms with van der Waals surface area (Å²) in [5.74, 6) is 0.126. The minimum absolute atomic E-state index is 0.0354. The van der Waals surface area contributed by atoms with Gasteiger partial charge in [-0.25, -0.2) is 0 Å². The first-order valence-electron chi connectivity index (χ1n) is 6.42. The Morgan fingerprint density at radius 2 is 1.81 bits per heavy atom. The van der Waals surface area contributed by atoms with E-state index < -0.39 is 0 Å². The molecule has 2 aromatic carbocycles. The average molecular weight is 297 g/mol. The zero-order valence-corrected chi connectivity index (χ0v) is 12.2. The van der Waals surface area contributed by atoms with Crippen LogP contribution in [0.3, 0.4) is 0 Å². The Hall–Kier alpha value is -2.45. The predicted molar refractivity (Wildman–Crippen MR) is 86.0 cm³/mol. The molecule has 21 heavy (non-hydrogen) atoms. The van der Waals surface area contributed by atoms with E-state index >= 15 is 0 Å². The van der Waals surface area contributed by atoms with Gasteiger partial charge in [0.15, 0.2) is 0 Å². The lowest BCUT2D eigenvalue weighted by molar-refractivity contribution is -0.116. The van der Waals surface area contributed by atoms with Crippen molar-refractivity contribution in [2.45, 2.75) is 4.90 Å². The zero-order chi connectivity index (χ0) is 15.1. The maximum atomic E-state index is 12.3. The van der Waals surface area contributed by atoms with Crippen molar-refractivity contribution in [3.63, 3.8) is 0 Å². The standard InChI is InChI=1S/C16H15N3OS/c17-10-11-19(13-6-2-1-3-7-13)16(20)12-21-15-9-5-4-8-14(15)18/h1-9H,11-12,18H2. The number of para-hydroxylation sites is 2. The molecule has 5 heteroatoms. The van der Waals surface area contributed by atoms with Crippen LogP contribution in [0.1, 0.15) is 0 Å². The van der Waals surface area contributed by atoms with Crippen LogP contribution in [0.2, 0.25) is 0 Å². The highest BCUT2D eigenvalue weighted by molar-refractivity contribution is 8.00. The Bertz CT molecular complexity index is 652. The van der Waals surface area contributed by atoms with Gasteiger partial charge in [0, 0.05) is 16.3 Å². The highest BCUT2D eigenvalue weighted by Crippen LogP contribution is 2.25. The number of amides is 1. The molecule has 0 aliphatic heterocycles. The number of nitrogens with zero attached hydrogens (tertiary/aromatic N) is 2. The van der Waals surface area contributed by atoms with E-state index in [0.717, 1.165) is 10.6 Å². The fourth-order valence-corrected chi connectivity index (χ4v) is 2.68. The summed E-state index contributed by atoms with van der Waals surface area (Å²) < 4.78 is 0. The van der Waals surface area contributed by atoms with Crippen LogP contribution in [0.5, 0.6) is 0 Å². The molecule has 106 valence electrons. The summed E-state index contributed by atoms with van der Waals surface area (Å²) >= 11 is 1.38. The van der Waals surface area contributed by atoms with Crippen molar-refractivity contribution in [1.82, 2.24) is 0 Å². The van der Waals surface area contributed by atoms with Gasteiger partial charge >= 0.3 is 0 Å². The summed E-state index contributed by atoms with van der Waals surface area (Å²) in [6.07, 6.45) is 0. The second-order valence-electron chi connectivity index (χ2n) is 4.30. The fraction of sp³-hybridized carbons (Fsp3) is 0.125. The number of hydrogen-bond acceptors (Lipinski definition) is 4. The Morgan fingerprint density at radius 3 is 2.48 bits per heavy atom. The summed E-state index contributed by atoms with van der Waals surface area (Å²) in [6.45, 7) is 0.0354. The third kappa shape index (κ3) is 4.01. The van der Waals surface area contributed by atoms with Crippen LogP contribution in [-0.4, -0.2) is 18.2 Å². The summed E-state index contributed by atoms with van der Waals surface area (Å²) in [5, 5.41) is 8.91. The lowest BCUT2D eigenvalue weighted by Crippen LogP contribution is -2.32. The molecule has 4 nitrogen and oxygen atoms in total. The Morgan fingerprint density at radius 1 is 1.14 bits per heavy atom. The van der Waals surface area contributed by atoms with Crippen molar-refractivity contribution in [3.05, 3.63) is 54.6 Å². The summed E-state index contributed by atoms with van der Waals surface area (Å²) in [7, 11) is 0. The molecule has 0 heterocycles. The highest BCUT2D eigenvalue weighted by atomic mass is 32.2. The number of hydrogen-bond donors (Lipinski definition) is 1. The van der Waals surface area contributed by atoms with Gasteiger partial charge in [-0.2, -0.15) is 5.26 Å². The molecule has 0 unspecified atom stereocenters. The molecule has 1 amide bonds. The maximum Gasteiger partial charge on any atom is 0.238 e. The summed E-state index contributed by atoms with van der Waals surface area (Å²) in [5.41, 5.74) is 7.24. The molecule has 2 aromatic rings. The van der Waals surface area contributed by atoms with E-state index in [-0.39, 0.29) is 18.2 Å². The van der Waals surface area contributed by atoms with Gasteiger partial charge in [-0.3, -0.25) is 9.69 Å². The number of anilines is 2. The molecule has 2 N–H and O–H groups in total. The van der Waals surface area contributed by atoms with Gasteiger partial charge in [0.05, 0.1) is 11.8 Å². The highest BCUT2D eigenvalue weighted by Gasteiger charge is 2.15. The third-order valence-electron chi connectivity index (χ3n) is 2.87. The number of nitriles is 1. The van der Waals surface area contributed by atoms with Crippen LogP contribution in [0, 0.1) is 11.3 Å². The molecule has 0 aliphatic carbocycles. The van der Waals surface area contributed by atoms with Crippen LogP contribution < -0.4 is 10.6 Å². The molecule has 2 rings (SSSR count). The minimum Gasteiger partial charge on any atom is -0.398 e. The van der Waals surface area contributed by atoms with Gasteiger partial charge in [0.2, 0.25) is 5.91 Å². The second kappa shape index (κ2) is 7.36. The van der Waals surface area contributed by atoms with E-state index in [1.807, 2.05) is 54.6 Å². The van der Waals surface area contributed by atoms with Crippen LogP contribution in [-0.2, 0) is 4.79 Å². The van der Waals surface area contributed by atoms with E-state index in [4.69, 9.17) is 11.0 Å². The molecular weight excluding hydrogens is 282 g/mol. The topological polar surface area (TPSA) is 70.1 Å². The van der Waals surface area contributed by atoms with Gasteiger partial charge < -0.3 is 5.73 Å². The third-order valence-corrected chi connectivity index (χ3v) is 3.94. The van der Waals surface area contributed by atoms with Crippen molar-refractivity contribution in [2.24, 2.45) is 0 Å². The SMILES string of the molecule is N#CCN(C(=O)CSc1ccccc1N)c1ccccc1. The van der Waals surface area contributed by atoms with Gasteiger partial charge in [0.25, 0.3) is 0 Å². The molecule has 0 spiro atoms. The molecule has 0 saturated heterocycles. The van der Waals surface area contributed by atoms with E-state index in [1.54, 1.807) is 6.07 Å². The van der Waals surface area contributed by atoms with Crippen molar-refractivity contribution in [3.8, 4) is 6.07 Å². The lowest BCUT2D eigenvalue weighted by Gasteiger charge is -2.19. The normalized spacial score (nSPS) is 9.86. The van der Waals surface area contributed by atoms with Crippen LogP contribution >= 0.6 is 11.8 Å². The first-order valence-corrected chi connectivity index (χ1v) is 7.40. The molecule has 0 aromatic heterocycles. The summed E-state index contributed by atoms with van der Waals surface area (Å²) in [6, 6.07) is 18.6. The van der Waals surface area contributed by atoms with Gasteiger partial charge in [-0.1, -0.05) is 30.3 Å². The Kier molecular flexibility index (Phi) is 5.24. The van der Waals surface area contributed by atoms with E-state index in [9.17, 15) is 4.79 Å². The van der Waals surface area contributed by atoms with Crippen LogP contribution in [0.4, 0.5) is 11.4 Å². The maximum absolute atomic E-state index is 12.3. The monoisotopic (exact) mass is 297 g/mol. The average Bonchev–Trinajstić information content (AvgIpc) is 2.52. The minimum atomic E-state index is -0.115. The van der Waals surface area contributed by atoms with Gasteiger partial charge in [-0.05, 0) is 24.3 Å². The molecule has 0 fully saturated rings. The molecule has 0 atom stereocenters. The quantitative estimate of drug-likeness (QED) is 0.523. The van der Waals surface area contributed by atoms with Crippen LogP contribution in [0.25, 0.3) is 0 Å². The van der Waals surface area contributed by atoms with E-state index in [2.05, 4.69) is 0 Å². The Labute approximate surface area is 128 Å². The van der Waals surface area contributed by atoms with E-state index in [0.29, 0.717) is 5.69 Å². The number of carbonyl (C=O) groups is 1. The molecule has 0 radical (unpaired) electrons. The first-order chi connectivity index (χ1) is 10.2. The van der Waals surface area contributed by atoms with Crippen molar-refractivity contribution < 1.29 is 4.79 Å².